The minimum absolute atomic E-state index is 0.0579. The lowest BCUT2D eigenvalue weighted by atomic mass is 9.80. The maximum absolute atomic E-state index is 11.7. The van der Waals surface area contributed by atoms with E-state index in [4.69, 9.17) is 0 Å². The number of carbonyl (C=O) groups is 2. The molecule has 1 aliphatic rings. The average molecular weight is 228 g/mol. The van der Waals surface area contributed by atoms with Crippen molar-refractivity contribution in [2.75, 3.05) is 7.11 Å². The number of hydrogen-bond acceptors (Lipinski definition) is 3. The summed E-state index contributed by atoms with van der Waals surface area (Å²) in [6.45, 7) is 1.91. The van der Waals surface area contributed by atoms with Crippen LogP contribution in [0.3, 0.4) is 0 Å². The summed E-state index contributed by atoms with van der Waals surface area (Å²) in [5.74, 6) is 0.239. The lowest BCUT2D eigenvalue weighted by molar-refractivity contribution is -0.127. The maximum atomic E-state index is 11.7. The molecule has 0 aromatic heterocycles. The van der Waals surface area contributed by atoms with E-state index in [2.05, 4.69) is 15.6 Å². The second-order valence-electron chi connectivity index (χ2n) is 4.29. The SMILES string of the molecule is COC(=O)NNC(=O)C(C)C1CCCCC1. The van der Waals surface area contributed by atoms with Gasteiger partial charge in [0.2, 0.25) is 5.91 Å². The molecular weight excluding hydrogens is 208 g/mol. The van der Waals surface area contributed by atoms with Crippen LogP contribution in [0.5, 0.6) is 0 Å². The van der Waals surface area contributed by atoms with Crippen molar-refractivity contribution in [1.82, 2.24) is 10.9 Å². The number of hydrogen-bond donors (Lipinski definition) is 2. The Labute approximate surface area is 95.9 Å². The second kappa shape index (κ2) is 6.35. The van der Waals surface area contributed by atoms with Crippen LogP contribution in [-0.2, 0) is 9.53 Å². The van der Waals surface area contributed by atoms with Crippen molar-refractivity contribution in [3.8, 4) is 0 Å². The van der Waals surface area contributed by atoms with Crippen LogP contribution in [0.2, 0.25) is 0 Å². The molecule has 2 N–H and O–H groups in total. The lowest BCUT2D eigenvalue weighted by Crippen LogP contribution is -2.45. The van der Waals surface area contributed by atoms with E-state index >= 15 is 0 Å². The molecule has 0 aromatic rings. The standard InChI is InChI=1S/C11H20N2O3/c1-8(9-6-4-3-5-7-9)10(14)12-13-11(15)16-2/h8-9H,3-7H2,1-2H3,(H,12,14)(H,13,15). The summed E-state index contributed by atoms with van der Waals surface area (Å²) < 4.78 is 4.36. The highest BCUT2D eigenvalue weighted by atomic mass is 16.5. The summed E-state index contributed by atoms with van der Waals surface area (Å²) >= 11 is 0. The van der Waals surface area contributed by atoms with Gasteiger partial charge in [-0.15, -0.1) is 0 Å². The Morgan fingerprint density at radius 3 is 2.38 bits per heavy atom. The number of carbonyl (C=O) groups excluding carboxylic acids is 2. The van der Waals surface area contributed by atoms with Crippen molar-refractivity contribution in [3.63, 3.8) is 0 Å². The molecule has 1 rings (SSSR count). The minimum Gasteiger partial charge on any atom is -0.452 e. The third-order valence-electron chi connectivity index (χ3n) is 3.24. The number of hydrazine groups is 1. The van der Waals surface area contributed by atoms with Gasteiger partial charge in [-0.25, -0.2) is 10.2 Å². The zero-order valence-corrected chi connectivity index (χ0v) is 9.91. The predicted molar refractivity (Wildman–Crippen MR) is 59.4 cm³/mol. The molecule has 92 valence electrons. The molecule has 0 aliphatic heterocycles. The van der Waals surface area contributed by atoms with Crippen LogP contribution in [0.25, 0.3) is 0 Å². The van der Waals surface area contributed by atoms with Gasteiger partial charge in [0.15, 0.2) is 0 Å². The lowest BCUT2D eigenvalue weighted by Gasteiger charge is -2.26. The van der Waals surface area contributed by atoms with E-state index in [9.17, 15) is 9.59 Å². The van der Waals surface area contributed by atoms with Gasteiger partial charge in [0.05, 0.1) is 7.11 Å². The van der Waals surface area contributed by atoms with Gasteiger partial charge in [0.1, 0.15) is 0 Å². The van der Waals surface area contributed by atoms with Crippen LogP contribution >= 0.6 is 0 Å². The number of nitrogens with one attached hydrogen (secondary N) is 2. The molecule has 0 spiro atoms. The van der Waals surface area contributed by atoms with Gasteiger partial charge < -0.3 is 4.74 Å². The quantitative estimate of drug-likeness (QED) is 0.705. The van der Waals surface area contributed by atoms with Crippen molar-refractivity contribution in [3.05, 3.63) is 0 Å². The van der Waals surface area contributed by atoms with Gasteiger partial charge in [0.25, 0.3) is 0 Å². The molecule has 5 heteroatoms. The molecule has 0 saturated heterocycles. The molecule has 1 aliphatic carbocycles. The molecule has 0 aromatic carbocycles. The first-order valence-corrected chi connectivity index (χ1v) is 5.79. The number of ether oxygens (including phenoxy) is 1. The molecule has 0 radical (unpaired) electrons. The Kier molecular flexibility index (Phi) is 5.08. The first-order valence-electron chi connectivity index (χ1n) is 5.79. The first kappa shape index (κ1) is 12.8. The Morgan fingerprint density at radius 2 is 1.81 bits per heavy atom. The molecule has 0 heterocycles. The van der Waals surface area contributed by atoms with Crippen molar-refractivity contribution in [2.24, 2.45) is 11.8 Å². The summed E-state index contributed by atoms with van der Waals surface area (Å²) in [7, 11) is 1.26. The smallest absolute Gasteiger partial charge is 0.425 e. The van der Waals surface area contributed by atoms with Crippen molar-refractivity contribution < 1.29 is 14.3 Å². The van der Waals surface area contributed by atoms with E-state index in [-0.39, 0.29) is 11.8 Å². The van der Waals surface area contributed by atoms with Crippen LogP contribution in [0, 0.1) is 11.8 Å². The Bertz CT molecular complexity index is 250. The summed E-state index contributed by atoms with van der Waals surface area (Å²) in [5, 5.41) is 0. The Hall–Kier alpha value is -1.26. The molecule has 1 saturated carbocycles. The van der Waals surface area contributed by atoms with E-state index in [0.717, 1.165) is 12.8 Å². The van der Waals surface area contributed by atoms with Crippen molar-refractivity contribution >= 4 is 12.0 Å². The van der Waals surface area contributed by atoms with Crippen LogP contribution in [-0.4, -0.2) is 19.1 Å². The number of rotatable bonds is 2. The van der Waals surface area contributed by atoms with E-state index in [1.807, 2.05) is 6.92 Å². The molecule has 16 heavy (non-hydrogen) atoms. The number of methoxy groups -OCH3 is 1. The van der Waals surface area contributed by atoms with E-state index in [1.54, 1.807) is 0 Å². The van der Waals surface area contributed by atoms with Gasteiger partial charge in [-0.3, -0.25) is 10.2 Å². The van der Waals surface area contributed by atoms with Gasteiger partial charge in [-0.2, -0.15) is 0 Å². The molecule has 1 fully saturated rings. The highest BCUT2D eigenvalue weighted by molar-refractivity contribution is 5.80. The van der Waals surface area contributed by atoms with Crippen LogP contribution in [0.1, 0.15) is 39.0 Å². The zero-order chi connectivity index (χ0) is 12.0. The predicted octanol–water partition coefficient (Wildman–Crippen LogP) is 1.59. The topological polar surface area (TPSA) is 67.4 Å². The molecule has 1 atom stereocenters. The van der Waals surface area contributed by atoms with Gasteiger partial charge in [-0.1, -0.05) is 26.2 Å². The highest BCUT2D eigenvalue weighted by Gasteiger charge is 2.25. The monoisotopic (exact) mass is 228 g/mol. The van der Waals surface area contributed by atoms with Gasteiger partial charge >= 0.3 is 6.09 Å². The molecule has 0 bridgehead atoms. The van der Waals surface area contributed by atoms with Crippen LogP contribution in [0.4, 0.5) is 4.79 Å². The fourth-order valence-electron chi connectivity index (χ4n) is 2.13. The van der Waals surface area contributed by atoms with Crippen molar-refractivity contribution in [1.29, 1.82) is 0 Å². The van der Waals surface area contributed by atoms with E-state index in [1.165, 1.54) is 26.4 Å². The largest absolute Gasteiger partial charge is 0.452 e. The fourth-order valence-corrected chi connectivity index (χ4v) is 2.13. The number of amides is 2. The second-order valence-corrected chi connectivity index (χ2v) is 4.29. The third-order valence-corrected chi connectivity index (χ3v) is 3.24. The average Bonchev–Trinajstić information content (AvgIpc) is 2.35. The Balaban J connectivity index is 2.31. The molecular formula is C11H20N2O3. The molecule has 1 unspecified atom stereocenters. The highest BCUT2D eigenvalue weighted by Crippen LogP contribution is 2.29. The Morgan fingerprint density at radius 1 is 1.19 bits per heavy atom. The third kappa shape index (κ3) is 3.72. The molecule has 5 nitrogen and oxygen atoms in total. The maximum Gasteiger partial charge on any atom is 0.425 e. The normalized spacial score (nSPS) is 18.6. The fraction of sp³-hybridized carbons (Fsp3) is 0.818. The summed E-state index contributed by atoms with van der Waals surface area (Å²) in [6.07, 6.45) is 5.23. The van der Waals surface area contributed by atoms with E-state index < -0.39 is 6.09 Å². The van der Waals surface area contributed by atoms with Gasteiger partial charge in [-0.05, 0) is 18.8 Å². The summed E-state index contributed by atoms with van der Waals surface area (Å²) in [4.78, 5) is 22.4. The van der Waals surface area contributed by atoms with Crippen LogP contribution < -0.4 is 10.9 Å². The minimum atomic E-state index is -0.649. The van der Waals surface area contributed by atoms with Crippen molar-refractivity contribution in [2.45, 2.75) is 39.0 Å². The van der Waals surface area contributed by atoms with E-state index in [0.29, 0.717) is 5.92 Å². The van der Waals surface area contributed by atoms with Gasteiger partial charge in [0, 0.05) is 5.92 Å². The summed E-state index contributed by atoms with van der Waals surface area (Å²) in [6, 6.07) is 0. The van der Waals surface area contributed by atoms with Crippen LogP contribution in [0.15, 0.2) is 0 Å². The first-order chi connectivity index (χ1) is 7.65. The zero-order valence-electron chi connectivity index (χ0n) is 9.91. The summed E-state index contributed by atoms with van der Waals surface area (Å²) in [5.41, 5.74) is 4.56. The molecule has 2 amide bonds.